The quantitative estimate of drug-likeness (QED) is 0.566. The number of carbonyl (C=O) groups is 1. The summed E-state index contributed by atoms with van der Waals surface area (Å²) in [6.07, 6.45) is 1.25. The Hall–Kier alpha value is -3.48. The molecular formula is C22H21N5O2. The highest BCUT2D eigenvalue weighted by atomic mass is 16.5. The summed E-state index contributed by atoms with van der Waals surface area (Å²) in [7, 11) is 0. The van der Waals surface area contributed by atoms with Gasteiger partial charge in [-0.3, -0.25) is 9.89 Å². The van der Waals surface area contributed by atoms with Gasteiger partial charge in [-0.15, -0.1) is 0 Å². The van der Waals surface area contributed by atoms with Crippen LogP contribution in [0, 0.1) is 6.92 Å². The predicted octanol–water partition coefficient (Wildman–Crippen LogP) is 3.48. The first-order valence-corrected chi connectivity index (χ1v) is 9.78. The van der Waals surface area contributed by atoms with E-state index < -0.39 is 0 Å². The van der Waals surface area contributed by atoms with Crippen LogP contribution >= 0.6 is 0 Å². The van der Waals surface area contributed by atoms with Crippen molar-refractivity contribution in [2.24, 2.45) is 0 Å². The second kappa shape index (κ2) is 7.16. The van der Waals surface area contributed by atoms with E-state index in [1.807, 2.05) is 29.2 Å². The number of nitrogens with zero attached hydrogens (tertiary/aromatic N) is 4. The summed E-state index contributed by atoms with van der Waals surface area (Å²) < 4.78 is 5.47. The highest BCUT2D eigenvalue weighted by molar-refractivity contribution is 5.90. The number of amides is 1. The van der Waals surface area contributed by atoms with Crippen LogP contribution in [0.5, 0.6) is 0 Å². The van der Waals surface area contributed by atoms with E-state index in [4.69, 9.17) is 4.52 Å². The van der Waals surface area contributed by atoms with Crippen molar-refractivity contribution in [1.82, 2.24) is 25.2 Å². The van der Waals surface area contributed by atoms with Crippen LogP contribution in [0.3, 0.4) is 0 Å². The molecule has 4 aromatic rings. The first kappa shape index (κ1) is 17.6. The lowest BCUT2D eigenvalue weighted by Gasteiger charge is -2.16. The first-order chi connectivity index (χ1) is 14.2. The number of aromatic nitrogens is 4. The summed E-state index contributed by atoms with van der Waals surface area (Å²) in [5.74, 6) is 1.03. The predicted molar refractivity (Wildman–Crippen MR) is 108 cm³/mol. The molecule has 3 heterocycles. The van der Waals surface area contributed by atoms with Gasteiger partial charge in [0.2, 0.25) is 5.91 Å². The van der Waals surface area contributed by atoms with Gasteiger partial charge in [0, 0.05) is 30.8 Å². The van der Waals surface area contributed by atoms with E-state index in [9.17, 15) is 4.79 Å². The Morgan fingerprint density at radius 3 is 3.00 bits per heavy atom. The molecular weight excluding hydrogens is 366 g/mol. The molecule has 1 amide bonds. The second-order valence-electron chi connectivity index (χ2n) is 7.56. The molecule has 0 spiro atoms. The van der Waals surface area contributed by atoms with E-state index in [0.717, 1.165) is 17.3 Å². The van der Waals surface area contributed by atoms with Gasteiger partial charge in [0.15, 0.2) is 11.5 Å². The molecule has 0 bridgehead atoms. The van der Waals surface area contributed by atoms with Crippen LogP contribution in [0.2, 0.25) is 0 Å². The minimum Gasteiger partial charge on any atom is -0.342 e. The monoisotopic (exact) mass is 387 g/mol. The summed E-state index contributed by atoms with van der Waals surface area (Å²) in [6, 6.07) is 16.2. The number of hydrogen-bond acceptors (Lipinski definition) is 5. The second-order valence-corrected chi connectivity index (χ2v) is 7.56. The topological polar surface area (TPSA) is 87.9 Å². The summed E-state index contributed by atoms with van der Waals surface area (Å²) in [5, 5.41) is 12.4. The Bertz CT molecular complexity index is 1180. The Labute approximate surface area is 167 Å². The summed E-state index contributed by atoms with van der Waals surface area (Å²) in [6.45, 7) is 3.40. The zero-order valence-corrected chi connectivity index (χ0v) is 16.1. The fraction of sp³-hybridized carbons (Fsp3) is 0.273. The lowest BCUT2D eigenvalue weighted by molar-refractivity contribution is -0.127. The highest BCUT2D eigenvalue weighted by Gasteiger charge is 2.33. The molecule has 7 heteroatoms. The molecule has 1 aliphatic rings. The van der Waals surface area contributed by atoms with Gasteiger partial charge in [-0.25, -0.2) is 0 Å². The minimum absolute atomic E-state index is 0.0530. The van der Waals surface area contributed by atoms with Crippen LogP contribution in [0.25, 0.3) is 22.5 Å². The molecule has 1 atom stereocenters. The molecule has 29 heavy (non-hydrogen) atoms. The number of H-pyrrole nitrogens is 1. The van der Waals surface area contributed by atoms with E-state index in [0.29, 0.717) is 36.9 Å². The number of nitrogens with one attached hydrogen (secondary N) is 1. The molecule has 1 aliphatic heterocycles. The van der Waals surface area contributed by atoms with Gasteiger partial charge in [-0.05, 0) is 25.0 Å². The van der Waals surface area contributed by atoms with Gasteiger partial charge in [-0.1, -0.05) is 53.2 Å². The SMILES string of the molecule is Cc1cccc(CCN2CC(c3noc(-c4n[nH]c5ccccc45)n3)CC2=O)c1. The number of aryl methyl sites for hydroxylation is 1. The van der Waals surface area contributed by atoms with E-state index in [1.165, 1.54) is 11.1 Å². The van der Waals surface area contributed by atoms with Crippen molar-refractivity contribution < 1.29 is 9.32 Å². The number of hydrogen-bond donors (Lipinski definition) is 1. The Morgan fingerprint density at radius 2 is 2.10 bits per heavy atom. The minimum atomic E-state index is -0.0530. The van der Waals surface area contributed by atoms with E-state index >= 15 is 0 Å². The number of rotatable bonds is 5. The third-order valence-corrected chi connectivity index (χ3v) is 5.45. The van der Waals surface area contributed by atoms with Crippen LogP contribution in [0.15, 0.2) is 53.1 Å². The molecule has 0 radical (unpaired) electrons. The van der Waals surface area contributed by atoms with Crippen molar-refractivity contribution in [3.8, 4) is 11.6 Å². The molecule has 2 aromatic carbocycles. The number of para-hydroxylation sites is 1. The molecule has 2 aromatic heterocycles. The Balaban J connectivity index is 1.29. The maximum Gasteiger partial charge on any atom is 0.279 e. The normalized spacial score (nSPS) is 16.8. The number of aromatic amines is 1. The van der Waals surface area contributed by atoms with Gasteiger partial charge in [-0.2, -0.15) is 10.1 Å². The van der Waals surface area contributed by atoms with Crippen molar-refractivity contribution in [2.45, 2.75) is 25.7 Å². The van der Waals surface area contributed by atoms with E-state index in [-0.39, 0.29) is 11.8 Å². The van der Waals surface area contributed by atoms with Gasteiger partial charge in [0.1, 0.15) is 0 Å². The number of likely N-dealkylation sites (tertiary alicyclic amines) is 1. The van der Waals surface area contributed by atoms with Gasteiger partial charge >= 0.3 is 0 Å². The summed E-state index contributed by atoms with van der Waals surface area (Å²) >= 11 is 0. The van der Waals surface area contributed by atoms with Gasteiger partial charge in [0.05, 0.1) is 5.52 Å². The van der Waals surface area contributed by atoms with Crippen LogP contribution in [-0.2, 0) is 11.2 Å². The molecule has 1 unspecified atom stereocenters. The Morgan fingerprint density at radius 1 is 1.21 bits per heavy atom. The zero-order chi connectivity index (χ0) is 19.8. The smallest absolute Gasteiger partial charge is 0.279 e. The lowest BCUT2D eigenvalue weighted by atomic mass is 10.1. The average molecular weight is 387 g/mol. The van der Waals surface area contributed by atoms with Crippen molar-refractivity contribution >= 4 is 16.8 Å². The maximum absolute atomic E-state index is 12.5. The molecule has 5 rings (SSSR count). The summed E-state index contributed by atoms with van der Waals surface area (Å²) in [4.78, 5) is 18.9. The zero-order valence-electron chi connectivity index (χ0n) is 16.1. The molecule has 146 valence electrons. The number of fused-ring (bicyclic) bond motifs is 1. The standard InChI is InChI=1S/C22H21N5O2/c1-14-5-4-6-15(11-14)9-10-27-13-16(12-19(27)28)21-23-22(29-26-21)20-17-7-2-3-8-18(17)24-25-20/h2-8,11,16H,9-10,12-13H2,1H3,(H,24,25). The lowest BCUT2D eigenvalue weighted by Crippen LogP contribution is -2.27. The fourth-order valence-electron chi connectivity index (χ4n) is 3.92. The third kappa shape index (κ3) is 3.40. The molecule has 0 aliphatic carbocycles. The molecule has 1 N–H and O–H groups in total. The van der Waals surface area contributed by atoms with Crippen LogP contribution in [0.1, 0.15) is 29.3 Å². The maximum atomic E-state index is 12.5. The molecule has 0 saturated carbocycles. The van der Waals surface area contributed by atoms with Crippen molar-refractivity contribution in [2.75, 3.05) is 13.1 Å². The van der Waals surface area contributed by atoms with Crippen LogP contribution in [0.4, 0.5) is 0 Å². The van der Waals surface area contributed by atoms with Gasteiger partial charge in [0.25, 0.3) is 5.89 Å². The van der Waals surface area contributed by atoms with E-state index in [1.54, 1.807) is 0 Å². The molecule has 7 nitrogen and oxygen atoms in total. The summed E-state index contributed by atoms with van der Waals surface area (Å²) in [5.41, 5.74) is 4.03. The first-order valence-electron chi connectivity index (χ1n) is 9.78. The third-order valence-electron chi connectivity index (χ3n) is 5.45. The largest absolute Gasteiger partial charge is 0.342 e. The van der Waals surface area contributed by atoms with Crippen LogP contribution in [-0.4, -0.2) is 44.2 Å². The molecule has 1 fully saturated rings. The van der Waals surface area contributed by atoms with Crippen molar-refractivity contribution in [3.63, 3.8) is 0 Å². The fourth-order valence-corrected chi connectivity index (χ4v) is 3.92. The highest BCUT2D eigenvalue weighted by Crippen LogP contribution is 2.30. The number of carbonyl (C=O) groups excluding carboxylic acids is 1. The van der Waals surface area contributed by atoms with Crippen LogP contribution < -0.4 is 0 Å². The van der Waals surface area contributed by atoms with Crippen molar-refractivity contribution in [1.29, 1.82) is 0 Å². The number of benzene rings is 2. The molecule has 1 saturated heterocycles. The Kier molecular flexibility index (Phi) is 4.35. The van der Waals surface area contributed by atoms with Crippen molar-refractivity contribution in [3.05, 3.63) is 65.5 Å². The van der Waals surface area contributed by atoms with E-state index in [2.05, 4.69) is 51.5 Å². The van der Waals surface area contributed by atoms with Gasteiger partial charge < -0.3 is 9.42 Å². The average Bonchev–Trinajstić information content (AvgIpc) is 3.44.